The van der Waals surface area contributed by atoms with E-state index in [0.29, 0.717) is 6.04 Å². The molecule has 0 aliphatic heterocycles. The summed E-state index contributed by atoms with van der Waals surface area (Å²) in [5.74, 6) is 0.906. The smallest absolute Gasteiger partial charge is 0.160 e. The van der Waals surface area contributed by atoms with E-state index in [4.69, 9.17) is 9.97 Å². The van der Waals surface area contributed by atoms with E-state index >= 15 is 0 Å². The number of hydrogen-bond donors (Lipinski definition) is 0. The second kappa shape index (κ2) is 9.95. The van der Waals surface area contributed by atoms with Crippen molar-refractivity contribution in [2.45, 2.75) is 78.8 Å². The standard InChI is InChI=1S/C29H37N3/c1-6-21-14-11-15-22(7-2)28(21)29-30-20(4)25(26(8-3)31-29)19-32(5)27-18-12-16-23-13-9-10-17-24(23)27/h9-11,13-15,17,27H,6-8,12,16,18-19H2,1-5H3/t27-/m0/s1. The molecule has 0 saturated heterocycles. The first-order valence-electron chi connectivity index (χ1n) is 12.3. The molecule has 0 radical (unpaired) electrons. The Bertz CT molecular complexity index is 1060. The summed E-state index contributed by atoms with van der Waals surface area (Å²) >= 11 is 0. The fourth-order valence-corrected chi connectivity index (χ4v) is 5.34. The fourth-order valence-electron chi connectivity index (χ4n) is 5.34. The van der Waals surface area contributed by atoms with Crippen molar-refractivity contribution >= 4 is 0 Å². The fraction of sp³-hybridized carbons (Fsp3) is 0.448. The van der Waals surface area contributed by atoms with E-state index in [1.165, 1.54) is 58.3 Å². The Morgan fingerprint density at radius 2 is 1.62 bits per heavy atom. The van der Waals surface area contributed by atoms with Gasteiger partial charge in [-0.25, -0.2) is 9.97 Å². The first kappa shape index (κ1) is 22.7. The van der Waals surface area contributed by atoms with Crippen molar-refractivity contribution in [3.05, 3.63) is 81.7 Å². The van der Waals surface area contributed by atoms with Gasteiger partial charge in [0, 0.05) is 35.1 Å². The minimum absolute atomic E-state index is 0.469. The summed E-state index contributed by atoms with van der Waals surface area (Å²) in [6.07, 6.45) is 6.60. The molecule has 0 bridgehead atoms. The van der Waals surface area contributed by atoms with Crippen molar-refractivity contribution in [2.75, 3.05) is 7.05 Å². The van der Waals surface area contributed by atoms with Crippen molar-refractivity contribution in [2.24, 2.45) is 0 Å². The van der Waals surface area contributed by atoms with Crippen LogP contribution in [0.15, 0.2) is 42.5 Å². The Hall–Kier alpha value is -2.52. The van der Waals surface area contributed by atoms with Gasteiger partial charge in [0.05, 0.1) is 0 Å². The summed E-state index contributed by atoms with van der Waals surface area (Å²) < 4.78 is 0. The lowest BCUT2D eigenvalue weighted by atomic mass is 9.87. The summed E-state index contributed by atoms with van der Waals surface area (Å²) in [4.78, 5) is 12.7. The third-order valence-corrected chi connectivity index (χ3v) is 7.13. The largest absolute Gasteiger partial charge is 0.295 e. The Morgan fingerprint density at radius 3 is 2.31 bits per heavy atom. The Morgan fingerprint density at radius 1 is 0.906 bits per heavy atom. The molecule has 0 spiro atoms. The molecule has 3 aromatic rings. The molecule has 1 aromatic heterocycles. The Kier molecular flexibility index (Phi) is 7.05. The summed E-state index contributed by atoms with van der Waals surface area (Å²) in [6.45, 7) is 9.72. The third kappa shape index (κ3) is 4.36. The molecular formula is C29H37N3. The van der Waals surface area contributed by atoms with Gasteiger partial charge in [0.1, 0.15) is 0 Å². The number of rotatable bonds is 7. The number of nitrogens with zero attached hydrogens (tertiary/aromatic N) is 3. The highest BCUT2D eigenvalue weighted by atomic mass is 15.1. The van der Waals surface area contributed by atoms with Crippen LogP contribution >= 0.6 is 0 Å². The lowest BCUT2D eigenvalue weighted by Crippen LogP contribution is -2.28. The Labute approximate surface area is 193 Å². The number of aryl methyl sites for hydroxylation is 5. The van der Waals surface area contributed by atoms with Crippen LogP contribution in [0, 0.1) is 6.92 Å². The summed E-state index contributed by atoms with van der Waals surface area (Å²) in [6, 6.07) is 16.1. The molecule has 2 aromatic carbocycles. The molecule has 0 amide bonds. The predicted molar refractivity (Wildman–Crippen MR) is 134 cm³/mol. The average molecular weight is 428 g/mol. The van der Waals surface area contributed by atoms with Crippen LogP contribution in [0.25, 0.3) is 11.4 Å². The zero-order valence-corrected chi connectivity index (χ0v) is 20.4. The molecule has 4 rings (SSSR count). The molecule has 0 unspecified atom stereocenters. The maximum Gasteiger partial charge on any atom is 0.160 e. The maximum atomic E-state index is 5.14. The van der Waals surface area contributed by atoms with Crippen LogP contribution in [0.4, 0.5) is 0 Å². The van der Waals surface area contributed by atoms with E-state index in [0.717, 1.165) is 37.3 Å². The van der Waals surface area contributed by atoms with E-state index in [9.17, 15) is 0 Å². The van der Waals surface area contributed by atoms with Gasteiger partial charge >= 0.3 is 0 Å². The highest BCUT2D eigenvalue weighted by molar-refractivity contribution is 5.65. The van der Waals surface area contributed by atoms with Gasteiger partial charge in [-0.15, -0.1) is 0 Å². The number of fused-ring (bicyclic) bond motifs is 1. The molecule has 168 valence electrons. The van der Waals surface area contributed by atoms with Crippen LogP contribution in [0.1, 0.15) is 78.9 Å². The van der Waals surface area contributed by atoms with Crippen molar-refractivity contribution in [1.82, 2.24) is 14.9 Å². The zero-order chi connectivity index (χ0) is 22.7. The van der Waals surface area contributed by atoms with Gasteiger partial charge in [0.25, 0.3) is 0 Å². The molecule has 32 heavy (non-hydrogen) atoms. The van der Waals surface area contributed by atoms with Crippen molar-refractivity contribution < 1.29 is 0 Å². The normalized spacial score (nSPS) is 15.8. The molecular weight excluding hydrogens is 390 g/mol. The molecule has 0 saturated carbocycles. The first-order valence-corrected chi connectivity index (χ1v) is 12.3. The van der Waals surface area contributed by atoms with Gasteiger partial charge in [-0.05, 0) is 74.8 Å². The molecule has 1 aliphatic carbocycles. The van der Waals surface area contributed by atoms with Crippen LogP contribution < -0.4 is 0 Å². The van der Waals surface area contributed by atoms with Crippen molar-refractivity contribution in [1.29, 1.82) is 0 Å². The second-order valence-corrected chi connectivity index (χ2v) is 9.09. The van der Waals surface area contributed by atoms with Crippen LogP contribution in [-0.2, 0) is 32.2 Å². The second-order valence-electron chi connectivity index (χ2n) is 9.09. The lowest BCUT2D eigenvalue weighted by Gasteiger charge is -2.34. The van der Waals surface area contributed by atoms with E-state index in [1.807, 2.05) is 0 Å². The van der Waals surface area contributed by atoms with Crippen molar-refractivity contribution in [3.8, 4) is 11.4 Å². The zero-order valence-electron chi connectivity index (χ0n) is 20.4. The molecule has 0 N–H and O–H groups in total. The summed E-state index contributed by atoms with van der Waals surface area (Å²) in [5, 5.41) is 0. The van der Waals surface area contributed by atoms with Crippen LogP contribution in [0.2, 0.25) is 0 Å². The minimum Gasteiger partial charge on any atom is -0.295 e. The van der Waals surface area contributed by atoms with Gasteiger partial charge < -0.3 is 0 Å². The molecule has 1 atom stereocenters. The number of aromatic nitrogens is 2. The summed E-state index contributed by atoms with van der Waals surface area (Å²) in [5.41, 5.74) is 10.6. The molecule has 3 nitrogen and oxygen atoms in total. The van der Waals surface area contributed by atoms with Crippen LogP contribution in [0.3, 0.4) is 0 Å². The highest BCUT2D eigenvalue weighted by Gasteiger charge is 2.25. The third-order valence-electron chi connectivity index (χ3n) is 7.13. The summed E-state index contributed by atoms with van der Waals surface area (Å²) in [7, 11) is 2.27. The van der Waals surface area contributed by atoms with Crippen LogP contribution in [0.5, 0.6) is 0 Å². The monoisotopic (exact) mass is 427 g/mol. The quantitative estimate of drug-likeness (QED) is 0.423. The molecule has 1 aliphatic rings. The number of hydrogen-bond acceptors (Lipinski definition) is 3. The SMILES string of the molecule is CCc1cccc(CC)c1-c1nc(C)c(CN(C)[C@H]2CCCc3ccccc32)c(CC)n1. The van der Waals surface area contributed by atoms with Crippen molar-refractivity contribution in [3.63, 3.8) is 0 Å². The molecule has 0 fully saturated rings. The predicted octanol–water partition coefficient (Wildman–Crippen LogP) is 6.65. The highest BCUT2D eigenvalue weighted by Crippen LogP contribution is 2.35. The number of benzene rings is 2. The van der Waals surface area contributed by atoms with Gasteiger partial charge in [0.15, 0.2) is 5.82 Å². The van der Waals surface area contributed by atoms with Gasteiger partial charge in [-0.3, -0.25) is 4.90 Å². The van der Waals surface area contributed by atoms with Gasteiger partial charge in [-0.1, -0.05) is 63.2 Å². The van der Waals surface area contributed by atoms with Gasteiger partial charge in [-0.2, -0.15) is 0 Å². The minimum atomic E-state index is 0.469. The van der Waals surface area contributed by atoms with E-state index in [1.54, 1.807) is 0 Å². The Balaban J connectivity index is 1.69. The van der Waals surface area contributed by atoms with Crippen LogP contribution in [-0.4, -0.2) is 21.9 Å². The van der Waals surface area contributed by atoms with E-state index < -0.39 is 0 Å². The van der Waals surface area contributed by atoms with Gasteiger partial charge in [0.2, 0.25) is 0 Å². The van der Waals surface area contributed by atoms with E-state index in [-0.39, 0.29) is 0 Å². The maximum absolute atomic E-state index is 5.14. The average Bonchev–Trinajstić information content (AvgIpc) is 2.83. The molecule has 1 heterocycles. The van der Waals surface area contributed by atoms with E-state index in [2.05, 4.69) is 82.1 Å². The lowest BCUT2D eigenvalue weighted by molar-refractivity contribution is 0.212. The molecule has 3 heteroatoms. The first-order chi connectivity index (χ1) is 15.6. The topological polar surface area (TPSA) is 29.0 Å².